The number of carbonyl (C=O) groups excluding carboxylic acids is 1. The molecule has 0 fully saturated rings. The van der Waals surface area contributed by atoms with E-state index in [9.17, 15) is 14.9 Å². The molecule has 124 valence electrons. The summed E-state index contributed by atoms with van der Waals surface area (Å²) >= 11 is 0. The second-order valence-corrected chi connectivity index (χ2v) is 6.43. The van der Waals surface area contributed by atoms with E-state index in [0.29, 0.717) is 12.0 Å². The van der Waals surface area contributed by atoms with Crippen LogP contribution in [0.3, 0.4) is 0 Å². The van der Waals surface area contributed by atoms with Crippen molar-refractivity contribution < 1.29 is 14.5 Å². The first-order valence-corrected chi connectivity index (χ1v) is 7.69. The number of nitrogens with zero attached hydrogens (tertiary/aromatic N) is 1. The van der Waals surface area contributed by atoms with Gasteiger partial charge in [-0.25, -0.2) is 0 Å². The van der Waals surface area contributed by atoms with Crippen LogP contribution in [0.5, 0.6) is 5.75 Å². The fourth-order valence-electron chi connectivity index (χ4n) is 2.91. The van der Waals surface area contributed by atoms with Crippen LogP contribution < -0.4 is 10.1 Å². The highest BCUT2D eigenvalue weighted by Gasteiger charge is 2.34. The number of nitro benzene ring substituents is 1. The van der Waals surface area contributed by atoms with Crippen LogP contribution in [-0.2, 0) is 0 Å². The first-order valence-electron chi connectivity index (χ1n) is 7.69. The number of fused-ring (bicyclic) bond motifs is 1. The maximum atomic E-state index is 12.5. The summed E-state index contributed by atoms with van der Waals surface area (Å²) in [4.78, 5) is 22.7. The molecule has 1 N–H and O–H groups in total. The van der Waals surface area contributed by atoms with Gasteiger partial charge in [-0.15, -0.1) is 0 Å². The van der Waals surface area contributed by atoms with Gasteiger partial charge >= 0.3 is 0 Å². The quantitative estimate of drug-likeness (QED) is 0.690. The molecule has 6 nitrogen and oxygen atoms in total. The molecule has 0 bridgehead atoms. The maximum Gasteiger partial charge on any atom is 0.269 e. The van der Waals surface area contributed by atoms with Gasteiger partial charge in [0.25, 0.3) is 11.6 Å². The molecule has 0 saturated heterocycles. The second kappa shape index (κ2) is 5.96. The van der Waals surface area contributed by atoms with Crippen LogP contribution >= 0.6 is 0 Å². The molecule has 1 heterocycles. The monoisotopic (exact) mass is 326 g/mol. The average molecular weight is 326 g/mol. The fraction of sp³-hybridized carbons (Fsp3) is 0.278. The van der Waals surface area contributed by atoms with Crippen molar-refractivity contribution in [3.8, 4) is 5.75 Å². The lowest BCUT2D eigenvalue weighted by molar-refractivity contribution is -0.384. The lowest BCUT2D eigenvalue weighted by Gasteiger charge is -2.37. The van der Waals surface area contributed by atoms with Gasteiger partial charge in [0.05, 0.1) is 11.0 Å². The van der Waals surface area contributed by atoms with Crippen molar-refractivity contribution >= 4 is 11.6 Å². The van der Waals surface area contributed by atoms with E-state index in [-0.39, 0.29) is 23.2 Å². The van der Waals surface area contributed by atoms with E-state index in [1.54, 1.807) is 0 Å². The van der Waals surface area contributed by atoms with E-state index in [4.69, 9.17) is 4.74 Å². The summed E-state index contributed by atoms with van der Waals surface area (Å²) in [7, 11) is 0. The lowest BCUT2D eigenvalue weighted by Crippen LogP contribution is -2.41. The number of ether oxygens (including phenoxy) is 1. The normalized spacial score (nSPS) is 18.2. The Kier molecular flexibility index (Phi) is 3.97. The number of para-hydroxylation sites is 1. The predicted molar refractivity (Wildman–Crippen MR) is 89.1 cm³/mol. The van der Waals surface area contributed by atoms with Gasteiger partial charge in [-0.1, -0.05) is 18.2 Å². The summed E-state index contributed by atoms with van der Waals surface area (Å²) in [5.41, 5.74) is 0.903. The van der Waals surface area contributed by atoms with Gasteiger partial charge in [-0.2, -0.15) is 0 Å². The van der Waals surface area contributed by atoms with Crippen LogP contribution in [-0.4, -0.2) is 16.4 Å². The molecule has 1 atom stereocenters. The molecule has 1 amide bonds. The van der Waals surface area contributed by atoms with Crippen molar-refractivity contribution in [3.63, 3.8) is 0 Å². The minimum absolute atomic E-state index is 0.0379. The number of nitrogens with one attached hydrogen (secondary N) is 1. The zero-order valence-electron chi connectivity index (χ0n) is 13.5. The molecule has 0 aromatic heterocycles. The smallest absolute Gasteiger partial charge is 0.269 e. The third-order valence-corrected chi connectivity index (χ3v) is 4.02. The van der Waals surface area contributed by atoms with Crippen molar-refractivity contribution in [2.45, 2.75) is 31.9 Å². The van der Waals surface area contributed by atoms with Crippen LogP contribution in [0, 0.1) is 10.1 Å². The van der Waals surface area contributed by atoms with E-state index < -0.39 is 4.92 Å². The van der Waals surface area contributed by atoms with Gasteiger partial charge in [0.2, 0.25) is 0 Å². The number of rotatable bonds is 3. The molecule has 0 saturated carbocycles. The Hall–Kier alpha value is -2.89. The molecule has 3 rings (SSSR count). The molecule has 1 unspecified atom stereocenters. The standard InChI is InChI=1S/C18H18N2O4/c1-18(2)11-15(14-5-3-4-6-16(14)24-18)19-17(21)12-7-9-13(10-8-12)20(22)23/h3-10,15H,11H2,1-2H3,(H,19,21). The van der Waals surface area contributed by atoms with Gasteiger partial charge in [0.15, 0.2) is 0 Å². The Bertz CT molecular complexity index is 784. The van der Waals surface area contributed by atoms with E-state index >= 15 is 0 Å². The molecule has 2 aromatic rings. The van der Waals surface area contributed by atoms with Gasteiger partial charge in [-0.3, -0.25) is 14.9 Å². The predicted octanol–water partition coefficient (Wildman–Crippen LogP) is 3.63. The molecule has 2 aromatic carbocycles. The second-order valence-electron chi connectivity index (χ2n) is 6.43. The molecular formula is C18H18N2O4. The van der Waals surface area contributed by atoms with E-state index in [1.165, 1.54) is 24.3 Å². The Balaban J connectivity index is 1.82. The highest BCUT2D eigenvalue weighted by Crippen LogP contribution is 2.39. The zero-order valence-corrected chi connectivity index (χ0v) is 13.5. The van der Waals surface area contributed by atoms with Crippen LogP contribution in [0.15, 0.2) is 48.5 Å². The molecule has 6 heteroatoms. The number of nitro groups is 1. The molecular weight excluding hydrogens is 308 g/mol. The summed E-state index contributed by atoms with van der Waals surface area (Å²) in [5.74, 6) is 0.505. The van der Waals surface area contributed by atoms with Crippen molar-refractivity contribution in [2.24, 2.45) is 0 Å². The minimum atomic E-state index is -0.487. The summed E-state index contributed by atoms with van der Waals surface area (Å²) in [6.07, 6.45) is 0.642. The number of benzene rings is 2. The molecule has 0 aliphatic carbocycles. The SMILES string of the molecule is CC1(C)CC(NC(=O)c2ccc([N+](=O)[O-])cc2)c2ccccc2O1. The third-order valence-electron chi connectivity index (χ3n) is 4.02. The molecule has 1 aliphatic rings. The molecule has 24 heavy (non-hydrogen) atoms. The van der Waals surface area contributed by atoms with Gasteiger partial charge < -0.3 is 10.1 Å². The van der Waals surface area contributed by atoms with Gasteiger partial charge in [0, 0.05) is 29.7 Å². The number of carbonyl (C=O) groups is 1. The Morgan fingerprint density at radius 2 is 1.88 bits per heavy atom. The van der Waals surface area contributed by atoms with Crippen molar-refractivity contribution in [2.75, 3.05) is 0 Å². The Morgan fingerprint density at radius 3 is 2.54 bits per heavy atom. The van der Waals surface area contributed by atoms with Crippen molar-refractivity contribution in [1.29, 1.82) is 0 Å². The van der Waals surface area contributed by atoms with Gasteiger partial charge in [-0.05, 0) is 32.0 Å². The highest BCUT2D eigenvalue weighted by molar-refractivity contribution is 5.94. The van der Waals surface area contributed by atoms with Crippen LogP contribution in [0.1, 0.15) is 42.2 Å². The number of hydrogen-bond donors (Lipinski definition) is 1. The van der Waals surface area contributed by atoms with E-state index in [1.807, 2.05) is 38.1 Å². The third kappa shape index (κ3) is 3.22. The first kappa shape index (κ1) is 16.0. The van der Waals surface area contributed by atoms with E-state index in [0.717, 1.165) is 11.3 Å². The largest absolute Gasteiger partial charge is 0.487 e. The van der Waals surface area contributed by atoms with Crippen LogP contribution in [0.2, 0.25) is 0 Å². The van der Waals surface area contributed by atoms with Crippen LogP contribution in [0.4, 0.5) is 5.69 Å². The summed E-state index contributed by atoms with van der Waals surface area (Å²) in [5, 5.41) is 13.7. The Morgan fingerprint density at radius 1 is 1.21 bits per heavy atom. The Labute approximate surface area is 139 Å². The topological polar surface area (TPSA) is 81.5 Å². The molecule has 0 radical (unpaired) electrons. The summed E-state index contributed by atoms with van der Waals surface area (Å²) in [6.45, 7) is 3.96. The number of hydrogen-bond acceptors (Lipinski definition) is 4. The molecule has 0 spiro atoms. The van der Waals surface area contributed by atoms with Crippen molar-refractivity contribution in [1.82, 2.24) is 5.32 Å². The first-order chi connectivity index (χ1) is 11.4. The van der Waals surface area contributed by atoms with Crippen molar-refractivity contribution in [3.05, 3.63) is 69.8 Å². The highest BCUT2D eigenvalue weighted by atomic mass is 16.6. The zero-order chi connectivity index (χ0) is 17.3. The summed E-state index contributed by atoms with van der Waals surface area (Å²) in [6, 6.07) is 13.0. The summed E-state index contributed by atoms with van der Waals surface area (Å²) < 4.78 is 5.95. The van der Waals surface area contributed by atoms with Crippen LogP contribution in [0.25, 0.3) is 0 Å². The number of non-ortho nitro benzene ring substituents is 1. The maximum absolute atomic E-state index is 12.5. The molecule has 1 aliphatic heterocycles. The number of amides is 1. The van der Waals surface area contributed by atoms with Gasteiger partial charge in [0.1, 0.15) is 11.4 Å². The fourth-order valence-corrected chi connectivity index (χ4v) is 2.91. The minimum Gasteiger partial charge on any atom is -0.487 e. The average Bonchev–Trinajstić information content (AvgIpc) is 2.53. The lowest BCUT2D eigenvalue weighted by atomic mass is 9.89. The van der Waals surface area contributed by atoms with E-state index in [2.05, 4.69) is 5.32 Å².